The SMILES string of the molecule is COc1ccc(S(=O)(=O)N(CC(=O)O)c2ccc(F)cc2)cc1Br. The van der Waals surface area contributed by atoms with Gasteiger partial charge in [0.15, 0.2) is 0 Å². The predicted molar refractivity (Wildman–Crippen MR) is 89.3 cm³/mol. The van der Waals surface area contributed by atoms with Crippen LogP contribution in [-0.4, -0.2) is 33.1 Å². The zero-order valence-corrected chi connectivity index (χ0v) is 14.8. The molecule has 0 amide bonds. The second-order valence-electron chi connectivity index (χ2n) is 4.68. The van der Waals surface area contributed by atoms with Crippen molar-refractivity contribution in [1.82, 2.24) is 0 Å². The van der Waals surface area contributed by atoms with E-state index in [9.17, 15) is 17.6 Å². The van der Waals surface area contributed by atoms with Gasteiger partial charge in [-0.3, -0.25) is 9.10 Å². The third-order valence-corrected chi connectivity index (χ3v) is 5.49. The molecule has 128 valence electrons. The third kappa shape index (κ3) is 3.85. The van der Waals surface area contributed by atoms with E-state index in [1.54, 1.807) is 0 Å². The zero-order chi connectivity index (χ0) is 17.9. The molecule has 2 rings (SSSR count). The van der Waals surface area contributed by atoms with Gasteiger partial charge in [-0.2, -0.15) is 0 Å². The molecule has 9 heteroatoms. The molecule has 0 spiro atoms. The lowest BCUT2D eigenvalue weighted by Gasteiger charge is -2.23. The van der Waals surface area contributed by atoms with Gasteiger partial charge in [-0.15, -0.1) is 0 Å². The summed E-state index contributed by atoms with van der Waals surface area (Å²) in [6.45, 7) is -0.794. The summed E-state index contributed by atoms with van der Waals surface area (Å²) in [7, 11) is -2.73. The van der Waals surface area contributed by atoms with Gasteiger partial charge in [0.1, 0.15) is 18.1 Å². The Labute approximate surface area is 146 Å². The molecule has 2 aromatic carbocycles. The highest BCUT2D eigenvalue weighted by atomic mass is 79.9. The smallest absolute Gasteiger partial charge is 0.324 e. The van der Waals surface area contributed by atoms with Crippen LogP contribution < -0.4 is 9.04 Å². The predicted octanol–water partition coefficient (Wildman–Crippen LogP) is 2.88. The van der Waals surface area contributed by atoms with Gasteiger partial charge >= 0.3 is 5.97 Å². The van der Waals surface area contributed by atoms with Crippen molar-refractivity contribution in [3.8, 4) is 5.75 Å². The summed E-state index contributed by atoms with van der Waals surface area (Å²) in [5, 5.41) is 9.04. The van der Waals surface area contributed by atoms with Crippen LogP contribution in [0.4, 0.5) is 10.1 Å². The molecule has 6 nitrogen and oxygen atoms in total. The first kappa shape index (κ1) is 18.2. The van der Waals surface area contributed by atoms with Crippen LogP contribution in [0.3, 0.4) is 0 Å². The fraction of sp³-hybridized carbons (Fsp3) is 0.133. The standard InChI is InChI=1S/C15H13BrFNO5S/c1-23-14-7-6-12(8-13(14)16)24(21,22)18(9-15(19)20)11-4-2-10(17)3-5-11/h2-8H,9H2,1H3,(H,19,20). The average molecular weight is 418 g/mol. The van der Waals surface area contributed by atoms with E-state index in [2.05, 4.69) is 15.9 Å². The molecule has 0 radical (unpaired) electrons. The first-order valence-electron chi connectivity index (χ1n) is 6.59. The molecule has 0 aliphatic rings. The summed E-state index contributed by atoms with van der Waals surface area (Å²) in [4.78, 5) is 11.0. The second-order valence-corrected chi connectivity index (χ2v) is 7.39. The van der Waals surface area contributed by atoms with Gasteiger partial charge in [0, 0.05) is 0 Å². The lowest BCUT2D eigenvalue weighted by molar-refractivity contribution is -0.135. The van der Waals surface area contributed by atoms with Crippen LogP contribution in [0.25, 0.3) is 0 Å². The number of aliphatic carboxylic acids is 1. The summed E-state index contributed by atoms with van der Waals surface area (Å²) >= 11 is 3.19. The van der Waals surface area contributed by atoms with Crippen molar-refractivity contribution in [1.29, 1.82) is 0 Å². The van der Waals surface area contributed by atoms with Crippen molar-refractivity contribution in [3.63, 3.8) is 0 Å². The Morgan fingerprint density at radius 2 is 1.88 bits per heavy atom. The topological polar surface area (TPSA) is 83.9 Å². The van der Waals surface area contributed by atoms with E-state index in [0.29, 0.717) is 14.5 Å². The van der Waals surface area contributed by atoms with E-state index in [1.165, 1.54) is 37.4 Å². The molecule has 0 unspecified atom stereocenters. The fourth-order valence-corrected chi connectivity index (χ4v) is 4.11. The third-order valence-electron chi connectivity index (χ3n) is 3.10. The van der Waals surface area contributed by atoms with Gasteiger partial charge in [0.05, 0.1) is 22.2 Å². The van der Waals surface area contributed by atoms with Crippen molar-refractivity contribution in [3.05, 3.63) is 52.8 Å². The number of carboxylic acids is 1. The molecular formula is C15H13BrFNO5S. The Balaban J connectivity index is 2.53. The molecule has 0 aromatic heterocycles. The van der Waals surface area contributed by atoms with Gasteiger partial charge in [-0.25, -0.2) is 12.8 Å². The number of hydrogen-bond acceptors (Lipinski definition) is 4. The highest BCUT2D eigenvalue weighted by molar-refractivity contribution is 9.10. The lowest BCUT2D eigenvalue weighted by atomic mass is 10.3. The maximum Gasteiger partial charge on any atom is 0.324 e. The van der Waals surface area contributed by atoms with Gasteiger partial charge in [-0.05, 0) is 58.4 Å². The van der Waals surface area contributed by atoms with Crippen LogP contribution in [0.15, 0.2) is 51.8 Å². The van der Waals surface area contributed by atoms with Crippen molar-refractivity contribution in [2.75, 3.05) is 18.0 Å². The minimum atomic E-state index is -4.17. The number of halogens is 2. The lowest BCUT2D eigenvalue weighted by Crippen LogP contribution is -2.35. The van der Waals surface area contributed by atoms with Crippen LogP contribution in [0.2, 0.25) is 0 Å². The molecule has 2 aromatic rings. The Hall–Kier alpha value is -2.13. The van der Waals surface area contributed by atoms with E-state index in [4.69, 9.17) is 9.84 Å². The van der Waals surface area contributed by atoms with Crippen LogP contribution in [0, 0.1) is 5.82 Å². The zero-order valence-electron chi connectivity index (χ0n) is 12.4. The van der Waals surface area contributed by atoms with Gasteiger partial charge < -0.3 is 9.84 Å². The van der Waals surface area contributed by atoms with Crippen molar-refractivity contribution in [2.45, 2.75) is 4.90 Å². The summed E-state index contributed by atoms with van der Waals surface area (Å²) < 4.78 is 44.8. The van der Waals surface area contributed by atoms with Crippen LogP contribution in [0.5, 0.6) is 5.75 Å². The first-order valence-corrected chi connectivity index (χ1v) is 8.82. The first-order chi connectivity index (χ1) is 11.3. The Bertz CT molecular complexity index is 855. The van der Waals surface area contributed by atoms with E-state index in [0.717, 1.165) is 12.1 Å². The molecule has 0 saturated carbocycles. The van der Waals surface area contributed by atoms with Crippen LogP contribution >= 0.6 is 15.9 Å². The molecule has 0 bridgehead atoms. The number of carbonyl (C=O) groups is 1. The van der Waals surface area contributed by atoms with E-state index in [-0.39, 0.29) is 10.6 Å². The van der Waals surface area contributed by atoms with Crippen molar-refractivity contribution in [2.24, 2.45) is 0 Å². The number of sulfonamides is 1. The number of rotatable bonds is 6. The quantitative estimate of drug-likeness (QED) is 0.780. The van der Waals surface area contributed by atoms with E-state index in [1.807, 2.05) is 0 Å². The molecule has 0 saturated heterocycles. The second kappa shape index (κ2) is 7.18. The Morgan fingerprint density at radius 1 is 1.25 bits per heavy atom. The number of methoxy groups -OCH3 is 1. The van der Waals surface area contributed by atoms with Gasteiger partial charge in [0.2, 0.25) is 0 Å². The molecule has 0 fully saturated rings. The number of hydrogen-bond donors (Lipinski definition) is 1. The fourth-order valence-electron chi connectivity index (χ4n) is 1.98. The van der Waals surface area contributed by atoms with Crippen LogP contribution in [-0.2, 0) is 14.8 Å². The molecule has 24 heavy (non-hydrogen) atoms. The maximum absolute atomic E-state index is 13.1. The maximum atomic E-state index is 13.1. The molecule has 1 N–H and O–H groups in total. The normalized spacial score (nSPS) is 11.1. The van der Waals surface area contributed by atoms with Crippen LogP contribution in [0.1, 0.15) is 0 Å². The number of carboxylic acid groups (broad SMARTS) is 1. The summed E-state index contributed by atoms with van der Waals surface area (Å²) in [6, 6.07) is 8.58. The number of nitrogens with zero attached hydrogens (tertiary/aromatic N) is 1. The molecule has 0 atom stereocenters. The van der Waals surface area contributed by atoms with E-state index < -0.39 is 28.4 Å². The molecule has 0 aliphatic heterocycles. The number of benzene rings is 2. The largest absolute Gasteiger partial charge is 0.496 e. The van der Waals surface area contributed by atoms with E-state index >= 15 is 0 Å². The van der Waals surface area contributed by atoms with Crippen molar-refractivity contribution >= 4 is 37.6 Å². The average Bonchev–Trinajstić information content (AvgIpc) is 2.53. The summed E-state index contributed by atoms with van der Waals surface area (Å²) in [5.74, 6) is -1.46. The van der Waals surface area contributed by atoms with Crippen molar-refractivity contribution < 1.29 is 27.4 Å². The molecule has 0 heterocycles. The highest BCUT2D eigenvalue weighted by Gasteiger charge is 2.27. The summed E-state index contributed by atoms with van der Waals surface area (Å²) in [5.41, 5.74) is 0.0470. The van der Waals surface area contributed by atoms with Gasteiger partial charge in [-0.1, -0.05) is 0 Å². The minimum Gasteiger partial charge on any atom is -0.496 e. The Morgan fingerprint density at radius 3 is 2.38 bits per heavy atom. The monoisotopic (exact) mass is 417 g/mol. The van der Waals surface area contributed by atoms with Gasteiger partial charge in [0.25, 0.3) is 10.0 Å². The molecule has 0 aliphatic carbocycles. The Kier molecular flexibility index (Phi) is 5.45. The number of anilines is 1. The summed E-state index contributed by atoms with van der Waals surface area (Å²) in [6.07, 6.45) is 0. The molecular weight excluding hydrogens is 405 g/mol. The minimum absolute atomic E-state index is 0.0470. The highest BCUT2D eigenvalue weighted by Crippen LogP contribution is 2.30. The number of ether oxygens (including phenoxy) is 1.